The zero-order valence-electron chi connectivity index (χ0n) is 13.9. The van der Waals surface area contributed by atoms with Gasteiger partial charge in [0.15, 0.2) is 11.5 Å². The van der Waals surface area contributed by atoms with Crippen LogP contribution in [0.1, 0.15) is 41.0 Å². The van der Waals surface area contributed by atoms with E-state index < -0.39 is 0 Å². The van der Waals surface area contributed by atoms with E-state index in [1.165, 1.54) is 0 Å². The Morgan fingerprint density at radius 1 is 1.32 bits per heavy atom. The largest absolute Gasteiger partial charge is 0.381 e. The fourth-order valence-electron chi connectivity index (χ4n) is 3.08. The highest BCUT2D eigenvalue weighted by Gasteiger charge is 2.22. The van der Waals surface area contributed by atoms with Gasteiger partial charge in [-0.3, -0.25) is 9.48 Å². The third-order valence-corrected chi connectivity index (χ3v) is 4.44. The fourth-order valence-corrected chi connectivity index (χ4v) is 3.08. The van der Waals surface area contributed by atoms with Crippen LogP contribution >= 0.6 is 0 Å². The first-order valence-electron chi connectivity index (χ1n) is 8.32. The highest BCUT2D eigenvalue weighted by atomic mass is 16.5. The van der Waals surface area contributed by atoms with E-state index in [2.05, 4.69) is 20.6 Å². The van der Waals surface area contributed by atoms with Crippen molar-refractivity contribution >= 4 is 16.8 Å². The Balaban J connectivity index is 1.44. The summed E-state index contributed by atoms with van der Waals surface area (Å²) in [6, 6.07) is 7.62. The molecule has 0 unspecified atom stereocenters. The zero-order valence-corrected chi connectivity index (χ0v) is 13.9. The van der Waals surface area contributed by atoms with E-state index in [-0.39, 0.29) is 18.4 Å². The summed E-state index contributed by atoms with van der Waals surface area (Å²) >= 11 is 0. The molecule has 3 heterocycles. The van der Waals surface area contributed by atoms with E-state index in [0.717, 1.165) is 37.0 Å². The van der Waals surface area contributed by atoms with Gasteiger partial charge in [-0.2, -0.15) is 10.1 Å². The van der Waals surface area contributed by atoms with Crippen molar-refractivity contribution < 1.29 is 14.1 Å². The summed E-state index contributed by atoms with van der Waals surface area (Å²) in [6.07, 6.45) is 1.79. The number of fused-ring (bicyclic) bond motifs is 1. The average Bonchev–Trinajstić information content (AvgIpc) is 3.26. The van der Waals surface area contributed by atoms with Gasteiger partial charge in [-0.05, 0) is 18.9 Å². The number of hydrogen-bond acceptors (Lipinski definition) is 6. The zero-order chi connectivity index (χ0) is 17.2. The Morgan fingerprint density at radius 3 is 2.96 bits per heavy atom. The molecule has 25 heavy (non-hydrogen) atoms. The van der Waals surface area contributed by atoms with Gasteiger partial charge in [-0.1, -0.05) is 23.4 Å². The summed E-state index contributed by atoms with van der Waals surface area (Å²) in [5, 5.41) is 12.0. The van der Waals surface area contributed by atoms with Gasteiger partial charge in [-0.15, -0.1) is 0 Å². The minimum Gasteiger partial charge on any atom is -0.381 e. The molecule has 1 saturated heterocycles. The van der Waals surface area contributed by atoms with Gasteiger partial charge in [0.25, 0.3) is 5.91 Å². The lowest BCUT2D eigenvalue weighted by Crippen LogP contribution is -2.24. The molecule has 0 atom stereocenters. The first-order chi connectivity index (χ1) is 12.2. The molecular weight excluding hydrogens is 322 g/mol. The molecule has 1 aliphatic rings. The van der Waals surface area contributed by atoms with E-state index in [1.54, 1.807) is 4.68 Å². The number of hydrogen-bond donors (Lipinski definition) is 1. The molecule has 8 nitrogen and oxygen atoms in total. The Labute approximate surface area is 144 Å². The maximum absolute atomic E-state index is 12.5. The second-order valence-corrected chi connectivity index (χ2v) is 6.11. The van der Waals surface area contributed by atoms with Gasteiger partial charge in [0.05, 0.1) is 12.1 Å². The lowest BCUT2D eigenvalue weighted by molar-refractivity contribution is 0.0830. The van der Waals surface area contributed by atoms with Crippen LogP contribution in [0.2, 0.25) is 0 Å². The molecule has 130 valence electrons. The van der Waals surface area contributed by atoms with E-state index in [4.69, 9.17) is 9.26 Å². The summed E-state index contributed by atoms with van der Waals surface area (Å²) in [5.74, 6) is 1.09. The molecule has 8 heteroatoms. The van der Waals surface area contributed by atoms with E-state index >= 15 is 0 Å². The van der Waals surface area contributed by atoms with E-state index in [9.17, 15) is 4.79 Å². The number of ether oxygens (including phenoxy) is 1. The third-order valence-electron chi connectivity index (χ3n) is 4.44. The first kappa shape index (κ1) is 15.8. The summed E-state index contributed by atoms with van der Waals surface area (Å²) in [6.45, 7) is 1.62. The second-order valence-electron chi connectivity index (χ2n) is 6.11. The topological polar surface area (TPSA) is 95.1 Å². The minimum atomic E-state index is -0.261. The predicted molar refractivity (Wildman–Crippen MR) is 89.0 cm³/mol. The number of aromatic nitrogens is 4. The monoisotopic (exact) mass is 341 g/mol. The number of nitrogens with one attached hydrogen (secondary N) is 1. The van der Waals surface area contributed by atoms with Crippen molar-refractivity contribution in [3.8, 4) is 0 Å². The van der Waals surface area contributed by atoms with Crippen molar-refractivity contribution in [2.24, 2.45) is 7.05 Å². The first-order valence-corrected chi connectivity index (χ1v) is 8.32. The molecule has 1 N–H and O–H groups in total. The molecule has 1 aliphatic heterocycles. The number of benzene rings is 1. The van der Waals surface area contributed by atoms with Crippen LogP contribution in [0.15, 0.2) is 28.8 Å². The van der Waals surface area contributed by atoms with Crippen molar-refractivity contribution in [2.45, 2.75) is 25.3 Å². The smallest absolute Gasteiger partial charge is 0.272 e. The number of para-hydroxylation sites is 1. The van der Waals surface area contributed by atoms with Crippen molar-refractivity contribution in [3.63, 3.8) is 0 Å². The molecule has 1 fully saturated rings. The highest BCUT2D eigenvalue weighted by Crippen LogP contribution is 2.24. The van der Waals surface area contributed by atoms with Crippen molar-refractivity contribution in [2.75, 3.05) is 13.2 Å². The number of carbonyl (C=O) groups is 1. The summed E-state index contributed by atoms with van der Waals surface area (Å²) in [5.41, 5.74) is 1.30. The van der Waals surface area contributed by atoms with Crippen molar-refractivity contribution in [1.29, 1.82) is 0 Å². The number of rotatable bonds is 4. The molecule has 0 radical (unpaired) electrons. The summed E-state index contributed by atoms with van der Waals surface area (Å²) in [4.78, 5) is 16.9. The van der Waals surface area contributed by atoms with Crippen LogP contribution in [0, 0.1) is 0 Å². The molecule has 0 bridgehead atoms. The van der Waals surface area contributed by atoms with Crippen molar-refractivity contribution in [3.05, 3.63) is 41.7 Å². The number of aryl methyl sites for hydroxylation is 1. The normalized spacial score (nSPS) is 15.6. The van der Waals surface area contributed by atoms with Crippen LogP contribution in [0.3, 0.4) is 0 Å². The number of carbonyl (C=O) groups excluding carboxylic acids is 1. The molecule has 1 aromatic carbocycles. The third kappa shape index (κ3) is 3.12. The Hall–Kier alpha value is -2.74. The summed E-state index contributed by atoms with van der Waals surface area (Å²) < 4.78 is 12.3. The minimum absolute atomic E-state index is 0.181. The quantitative estimate of drug-likeness (QED) is 0.777. The Morgan fingerprint density at radius 2 is 2.12 bits per heavy atom. The van der Waals surface area contributed by atoms with Gasteiger partial charge in [-0.25, -0.2) is 0 Å². The van der Waals surface area contributed by atoms with Crippen LogP contribution in [-0.2, 0) is 18.3 Å². The molecule has 0 aliphatic carbocycles. The lowest BCUT2D eigenvalue weighted by atomic mass is 10.00. The molecule has 4 rings (SSSR count). The van der Waals surface area contributed by atoms with Crippen molar-refractivity contribution in [1.82, 2.24) is 25.2 Å². The van der Waals surface area contributed by atoms with Crippen LogP contribution in [-0.4, -0.2) is 39.0 Å². The highest BCUT2D eigenvalue weighted by molar-refractivity contribution is 6.04. The average molecular weight is 341 g/mol. The van der Waals surface area contributed by atoms with Gasteiger partial charge in [0, 0.05) is 31.6 Å². The molecule has 1 amide bonds. The van der Waals surface area contributed by atoms with Crippen LogP contribution in [0.5, 0.6) is 0 Å². The van der Waals surface area contributed by atoms with E-state index in [1.807, 2.05) is 31.3 Å². The van der Waals surface area contributed by atoms with E-state index in [0.29, 0.717) is 17.4 Å². The maximum Gasteiger partial charge on any atom is 0.272 e. The molecule has 3 aromatic rings. The second kappa shape index (κ2) is 6.64. The maximum atomic E-state index is 12.5. The molecule has 2 aromatic heterocycles. The Kier molecular flexibility index (Phi) is 4.19. The number of nitrogens with zero attached hydrogens (tertiary/aromatic N) is 4. The van der Waals surface area contributed by atoms with Gasteiger partial charge in [0.1, 0.15) is 0 Å². The van der Waals surface area contributed by atoms with Gasteiger partial charge in [0.2, 0.25) is 5.89 Å². The summed E-state index contributed by atoms with van der Waals surface area (Å²) in [7, 11) is 1.82. The SMILES string of the molecule is Cn1nc(C(=O)NCc2nc(C3CCOCC3)no2)c2ccccc21. The molecular formula is C17H19N5O3. The fraction of sp³-hybridized carbons (Fsp3) is 0.412. The van der Waals surface area contributed by atoms with Gasteiger partial charge >= 0.3 is 0 Å². The Bertz CT molecular complexity index is 895. The molecule has 0 spiro atoms. The van der Waals surface area contributed by atoms with Gasteiger partial charge < -0.3 is 14.6 Å². The molecule has 0 saturated carbocycles. The number of amides is 1. The van der Waals surface area contributed by atoms with Crippen LogP contribution in [0.4, 0.5) is 0 Å². The van der Waals surface area contributed by atoms with Crippen LogP contribution in [0.25, 0.3) is 10.9 Å². The van der Waals surface area contributed by atoms with Crippen LogP contribution < -0.4 is 5.32 Å². The standard InChI is InChI=1S/C17H19N5O3/c1-22-13-5-3-2-4-12(13)15(20-22)17(23)18-10-14-19-16(21-25-14)11-6-8-24-9-7-11/h2-5,11H,6-10H2,1H3,(H,18,23). The predicted octanol–water partition coefficient (Wildman–Crippen LogP) is 1.78. The lowest BCUT2D eigenvalue weighted by Gasteiger charge is -2.18.